The maximum Gasteiger partial charge on any atom is 0.326 e. The van der Waals surface area contributed by atoms with E-state index in [0.717, 1.165) is 33.4 Å². The SMILES string of the molecule is Nc1nc2ccccc2n1-c1ccccc1.O=C(Nc1ccc(Cl)cc1)Nc1nc2ccccc2n1-c1ccccc1.O=C=Nc1ccc(Cl)cc1. The molecule has 0 aliphatic carbocycles. The van der Waals surface area contributed by atoms with Crippen molar-refractivity contribution in [2.24, 2.45) is 4.99 Å². The maximum atomic E-state index is 12.4. The predicted octanol–water partition coefficient (Wildman–Crippen LogP) is 10.2. The molecule has 0 spiro atoms. The number of anilines is 3. The molecule has 6 aromatic carbocycles. The molecule has 10 nitrogen and oxygen atoms in total. The van der Waals surface area contributed by atoms with E-state index < -0.39 is 0 Å². The molecule has 2 heterocycles. The van der Waals surface area contributed by atoms with E-state index in [0.29, 0.717) is 33.3 Å². The number of benzene rings is 6. The fraction of sp³-hybridized carbons (Fsp3) is 0. The number of hydrogen-bond acceptors (Lipinski definition) is 6. The van der Waals surface area contributed by atoms with Gasteiger partial charge in [-0.2, -0.15) is 4.99 Å². The molecule has 0 bridgehead atoms. The van der Waals surface area contributed by atoms with Gasteiger partial charge in [-0.1, -0.05) is 83.9 Å². The van der Waals surface area contributed by atoms with Gasteiger partial charge in [0.1, 0.15) is 0 Å². The smallest absolute Gasteiger partial charge is 0.326 e. The Hall–Kier alpha value is -6.71. The fourth-order valence-electron chi connectivity index (χ4n) is 5.21. The van der Waals surface area contributed by atoms with Crippen molar-refractivity contribution in [3.05, 3.63) is 168 Å². The zero-order valence-corrected chi connectivity index (χ0v) is 28.9. The van der Waals surface area contributed by atoms with E-state index in [4.69, 9.17) is 28.9 Å². The molecular weight excluding hydrogens is 695 g/mol. The number of rotatable bonds is 5. The van der Waals surface area contributed by atoms with Crippen LogP contribution in [0, 0.1) is 0 Å². The number of nitrogens with zero attached hydrogens (tertiary/aromatic N) is 5. The number of imidazole rings is 2. The van der Waals surface area contributed by atoms with Crippen LogP contribution in [0.1, 0.15) is 0 Å². The van der Waals surface area contributed by atoms with Crippen LogP contribution in [0.3, 0.4) is 0 Å². The Morgan fingerprint density at radius 1 is 0.596 bits per heavy atom. The van der Waals surface area contributed by atoms with Crippen molar-refractivity contribution in [3.63, 3.8) is 0 Å². The number of aliphatic imine (C=N–C) groups is 1. The molecule has 12 heteroatoms. The Morgan fingerprint density at radius 2 is 1.08 bits per heavy atom. The van der Waals surface area contributed by atoms with Crippen molar-refractivity contribution in [3.8, 4) is 11.4 Å². The Balaban J connectivity index is 0.000000151. The lowest BCUT2D eigenvalue weighted by atomic mass is 10.3. The Labute approximate surface area is 308 Å². The van der Waals surface area contributed by atoms with Gasteiger partial charge >= 0.3 is 6.03 Å². The minimum atomic E-state index is -0.375. The standard InChI is InChI=1S/C20H15ClN4O.C13H11N3.C7H4ClNO/c21-14-10-12-15(13-11-14)22-20(26)24-19-23-17-8-4-5-9-18(17)25(19)16-6-2-1-3-7-16;14-13-15-11-8-4-5-9-12(11)16(13)10-6-2-1-3-7-10;8-6-1-3-7(4-2-6)9-5-10/h1-13H,(H2,22,23,24,26);1-9H,(H2,14,15);1-4H. The van der Waals surface area contributed by atoms with Gasteiger partial charge in [-0.05, 0) is 97.1 Å². The highest BCUT2D eigenvalue weighted by Gasteiger charge is 2.15. The molecule has 2 aromatic heterocycles. The van der Waals surface area contributed by atoms with Crippen molar-refractivity contribution in [1.82, 2.24) is 19.1 Å². The van der Waals surface area contributed by atoms with Crippen LogP contribution < -0.4 is 16.4 Å². The number of para-hydroxylation sites is 6. The number of aromatic nitrogens is 4. The number of carbonyl (C=O) groups excluding carboxylic acids is 2. The third kappa shape index (κ3) is 8.71. The third-order valence-electron chi connectivity index (χ3n) is 7.51. The summed E-state index contributed by atoms with van der Waals surface area (Å²) in [6.07, 6.45) is 1.44. The van der Waals surface area contributed by atoms with Crippen molar-refractivity contribution < 1.29 is 9.59 Å². The summed E-state index contributed by atoms with van der Waals surface area (Å²) < 4.78 is 3.87. The summed E-state index contributed by atoms with van der Waals surface area (Å²) in [5, 5.41) is 6.85. The number of hydrogen-bond donors (Lipinski definition) is 3. The minimum absolute atomic E-state index is 0.375. The summed E-state index contributed by atoms with van der Waals surface area (Å²) in [6.45, 7) is 0. The summed E-state index contributed by atoms with van der Waals surface area (Å²) in [4.78, 5) is 34.4. The maximum absolute atomic E-state index is 12.4. The van der Waals surface area contributed by atoms with Crippen LogP contribution in [0.15, 0.2) is 163 Å². The van der Waals surface area contributed by atoms with Crippen molar-refractivity contribution in [2.75, 3.05) is 16.4 Å². The van der Waals surface area contributed by atoms with Crippen molar-refractivity contribution in [2.45, 2.75) is 0 Å². The minimum Gasteiger partial charge on any atom is -0.369 e. The first-order chi connectivity index (χ1) is 25.4. The van der Waals surface area contributed by atoms with E-state index in [1.165, 1.54) is 6.08 Å². The van der Waals surface area contributed by atoms with Crippen LogP contribution in [0.25, 0.3) is 33.4 Å². The first-order valence-electron chi connectivity index (χ1n) is 15.9. The van der Waals surface area contributed by atoms with Gasteiger partial charge in [0, 0.05) is 27.1 Å². The molecule has 0 saturated carbocycles. The molecule has 0 fully saturated rings. The van der Waals surface area contributed by atoms with Crippen LogP contribution >= 0.6 is 23.2 Å². The molecule has 0 saturated heterocycles. The summed E-state index contributed by atoms with van der Waals surface area (Å²) in [7, 11) is 0. The molecule has 256 valence electrons. The number of amides is 2. The lowest BCUT2D eigenvalue weighted by Gasteiger charge is -2.11. The molecule has 0 aliphatic rings. The van der Waals surface area contributed by atoms with E-state index in [2.05, 4.69) is 25.6 Å². The highest BCUT2D eigenvalue weighted by molar-refractivity contribution is 6.31. The number of fused-ring (bicyclic) bond motifs is 2. The highest BCUT2D eigenvalue weighted by atomic mass is 35.5. The van der Waals surface area contributed by atoms with Crippen molar-refractivity contribution in [1.29, 1.82) is 0 Å². The number of halogens is 2. The van der Waals surface area contributed by atoms with E-state index >= 15 is 0 Å². The molecule has 2 amide bonds. The lowest BCUT2D eigenvalue weighted by Crippen LogP contribution is -2.21. The zero-order valence-electron chi connectivity index (χ0n) is 27.4. The fourth-order valence-corrected chi connectivity index (χ4v) is 5.46. The van der Waals surface area contributed by atoms with Crippen LogP contribution in [0.5, 0.6) is 0 Å². The van der Waals surface area contributed by atoms with E-state index in [1.807, 2.05) is 118 Å². The molecule has 0 aliphatic heterocycles. The second-order valence-electron chi connectivity index (χ2n) is 11.0. The largest absolute Gasteiger partial charge is 0.369 e. The molecule has 0 radical (unpaired) electrons. The number of nitrogen functional groups attached to an aromatic ring is 1. The molecule has 8 rings (SSSR count). The monoisotopic (exact) mass is 724 g/mol. The highest BCUT2D eigenvalue weighted by Crippen LogP contribution is 2.25. The Kier molecular flexibility index (Phi) is 11.3. The predicted molar refractivity (Wildman–Crippen MR) is 210 cm³/mol. The van der Waals surface area contributed by atoms with Crippen LogP contribution in [0.2, 0.25) is 10.0 Å². The second kappa shape index (κ2) is 16.8. The number of isocyanates is 1. The van der Waals surface area contributed by atoms with Gasteiger partial charge < -0.3 is 11.1 Å². The van der Waals surface area contributed by atoms with Gasteiger partial charge in [0.15, 0.2) is 0 Å². The van der Waals surface area contributed by atoms with E-state index in [9.17, 15) is 9.59 Å². The quantitative estimate of drug-likeness (QED) is 0.120. The van der Waals surface area contributed by atoms with Gasteiger partial charge in [-0.25, -0.2) is 19.6 Å². The van der Waals surface area contributed by atoms with Gasteiger partial charge in [0.2, 0.25) is 18.0 Å². The molecule has 8 aromatic rings. The van der Waals surface area contributed by atoms with Crippen LogP contribution in [0.4, 0.5) is 28.1 Å². The molecule has 0 atom stereocenters. The van der Waals surface area contributed by atoms with Gasteiger partial charge in [-0.15, -0.1) is 0 Å². The first-order valence-corrected chi connectivity index (χ1v) is 16.6. The number of urea groups is 1. The van der Waals surface area contributed by atoms with Crippen molar-refractivity contribution >= 4 is 80.7 Å². The van der Waals surface area contributed by atoms with Gasteiger partial charge in [0.05, 0.1) is 27.8 Å². The zero-order chi connectivity index (χ0) is 36.3. The first kappa shape index (κ1) is 35.1. The number of nitrogens with two attached hydrogens (primary N) is 1. The number of nitrogens with one attached hydrogen (secondary N) is 2. The van der Waals surface area contributed by atoms with E-state index in [-0.39, 0.29) is 6.03 Å². The lowest BCUT2D eigenvalue weighted by molar-refractivity contribution is 0.262. The second-order valence-corrected chi connectivity index (χ2v) is 11.9. The van der Waals surface area contributed by atoms with Gasteiger partial charge in [0.25, 0.3) is 0 Å². The van der Waals surface area contributed by atoms with Crippen LogP contribution in [-0.2, 0) is 4.79 Å². The molecular formula is C40H30Cl2N8O2. The van der Waals surface area contributed by atoms with Crippen LogP contribution in [-0.4, -0.2) is 31.2 Å². The molecule has 0 unspecified atom stereocenters. The summed E-state index contributed by atoms with van der Waals surface area (Å²) in [6, 6.07) is 48.6. The Bertz CT molecular complexity index is 2460. The normalized spacial score (nSPS) is 10.3. The summed E-state index contributed by atoms with van der Waals surface area (Å²) in [5.74, 6) is 0.969. The number of carbonyl (C=O) groups is 1. The molecule has 52 heavy (non-hydrogen) atoms. The van der Waals surface area contributed by atoms with E-state index in [1.54, 1.807) is 48.5 Å². The topological polar surface area (TPSA) is 132 Å². The summed E-state index contributed by atoms with van der Waals surface area (Å²) >= 11 is 11.4. The summed E-state index contributed by atoms with van der Waals surface area (Å²) in [5.41, 5.74) is 12.8. The third-order valence-corrected chi connectivity index (χ3v) is 8.01. The molecule has 4 N–H and O–H groups in total. The Morgan fingerprint density at radius 3 is 1.65 bits per heavy atom. The average molecular weight is 726 g/mol. The van der Waals surface area contributed by atoms with Gasteiger partial charge in [-0.3, -0.25) is 14.5 Å². The average Bonchev–Trinajstić information content (AvgIpc) is 3.71.